The molecule has 110 valence electrons. The van der Waals surface area contributed by atoms with Crippen molar-refractivity contribution in [2.24, 2.45) is 0 Å². The van der Waals surface area contributed by atoms with E-state index in [1.807, 2.05) is 0 Å². The van der Waals surface area contributed by atoms with Crippen LogP contribution in [0.15, 0.2) is 29.8 Å². The third-order valence-electron chi connectivity index (χ3n) is 4.99. The first-order chi connectivity index (χ1) is 10.2. The Kier molecular flexibility index (Phi) is 3.13. The number of benzene rings is 1. The van der Waals surface area contributed by atoms with E-state index in [9.17, 15) is 0 Å². The van der Waals surface area contributed by atoms with Gasteiger partial charge >= 0.3 is 0 Å². The number of nitrogens with one attached hydrogen (secondary N) is 1. The molecule has 1 aromatic carbocycles. The van der Waals surface area contributed by atoms with Gasteiger partial charge in [0.05, 0.1) is 0 Å². The first-order valence-electron chi connectivity index (χ1n) is 7.89. The van der Waals surface area contributed by atoms with Gasteiger partial charge in [-0.05, 0) is 43.5 Å². The van der Waals surface area contributed by atoms with Crippen LogP contribution < -0.4 is 0 Å². The molecule has 0 saturated heterocycles. The van der Waals surface area contributed by atoms with Crippen molar-refractivity contribution >= 4 is 22.5 Å². The summed E-state index contributed by atoms with van der Waals surface area (Å²) in [6, 6.07) is 7.13. The Hall–Kier alpha value is -1.25. The molecule has 0 radical (unpaired) electrons. The quantitative estimate of drug-likeness (QED) is 0.809. The number of aromatic nitrogens is 1. The lowest BCUT2D eigenvalue weighted by molar-refractivity contribution is 0.182. The van der Waals surface area contributed by atoms with Crippen LogP contribution in [0.25, 0.3) is 10.9 Å². The van der Waals surface area contributed by atoms with Crippen molar-refractivity contribution in [3.8, 4) is 0 Å². The minimum atomic E-state index is 0.508. The Morgan fingerprint density at radius 1 is 1.38 bits per heavy atom. The monoisotopic (exact) mass is 300 g/mol. The van der Waals surface area contributed by atoms with Gasteiger partial charge in [0.2, 0.25) is 0 Å². The summed E-state index contributed by atoms with van der Waals surface area (Å²) in [7, 11) is 0. The molecule has 0 amide bonds. The topological polar surface area (TPSA) is 19.0 Å². The summed E-state index contributed by atoms with van der Waals surface area (Å²) in [6.45, 7) is 6.79. The van der Waals surface area contributed by atoms with Crippen LogP contribution in [-0.2, 0) is 6.42 Å². The van der Waals surface area contributed by atoms with Gasteiger partial charge in [-0.1, -0.05) is 42.3 Å². The van der Waals surface area contributed by atoms with Crippen LogP contribution in [0, 0.1) is 0 Å². The highest BCUT2D eigenvalue weighted by Crippen LogP contribution is 2.44. The second-order valence-electron chi connectivity index (χ2n) is 6.47. The van der Waals surface area contributed by atoms with Gasteiger partial charge in [-0.15, -0.1) is 0 Å². The van der Waals surface area contributed by atoms with Gasteiger partial charge in [-0.2, -0.15) is 0 Å². The summed E-state index contributed by atoms with van der Waals surface area (Å²) in [5.41, 5.74) is 5.44. The fourth-order valence-electron chi connectivity index (χ4n) is 4.21. The maximum atomic E-state index is 6.47. The summed E-state index contributed by atoms with van der Waals surface area (Å²) in [5.74, 6) is 0.508. The Balaban J connectivity index is 1.91. The van der Waals surface area contributed by atoms with Gasteiger partial charge in [0.1, 0.15) is 5.15 Å². The van der Waals surface area contributed by atoms with Gasteiger partial charge in [-0.3, -0.25) is 4.90 Å². The van der Waals surface area contributed by atoms with Crippen molar-refractivity contribution in [1.82, 2.24) is 9.88 Å². The molecule has 3 heteroatoms. The van der Waals surface area contributed by atoms with Crippen molar-refractivity contribution in [2.45, 2.75) is 38.6 Å². The number of H-pyrrole nitrogens is 1. The zero-order chi connectivity index (χ0) is 14.6. The summed E-state index contributed by atoms with van der Waals surface area (Å²) in [6.07, 6.45) is 4.74. The fourth-order valence-corrected chi connectivity index (χ4v) is 4.49. The molecule has 1 aliphatic heterocycles. The molecule has 0 saturated carbocycles. The number of nitrogens with zero attached hydrogens (tertiary/aromatic N) is 1. The molecule has 2 aromatic rings. The zero-order valence-corrected chi connectivity index (χ0v) is 13.4. The van der Waals surface area contributed by atoms with Crippen molar-refractivity contribution < 1.29 is 0 Å². The zero-order valence-electron chi connectivity index (χ0n) is 12.6. The lowest BCUT2D eigenvalue weighted by Gasteiger charge is -2.42. The van der Waals surface area contributed by atoms with Crippen molar-refractivity contribution in [2.75, 3.05) is 13.1 Å². The smallest absolute Gasteiger partial charge is 0.110 e. The summed E-state index contributed by atoms with van der Waals surface area (Å²) in [5, 5.41) is 2.20. The molecule has 1 aliphatic carbocycles. The lowest BCUT2D eigenvalue weighted by Crippen LogP contribution is -2.46. The maximum Gasteiger partial charge on any atom is 0.110 e. The van der Waals surface area contributed by atoms with Crippen molar-refractivity contribution in [3.63, 3.8) is 0 Å². The largest absolute Gasteiger partial charge is 0.345 e. The molecule has 4 rings (SSSR count). The second kappa shape index (κ2) is 4.89. The number of halogens is 1. The van der Waals surface area contributed by atoms with Gasteiger partial charge in [0.25, 0.3) is 0 Å². The third kappa shape index (κ3) is 1.96. The summed E-state index contributed by atoms with van der Waals surface area (Å²) < 4.78 is 0. The normalized spacial score (nSPS) is 25.0. The predicted octanol–water partition coefficient (Wildman–Crippen LogP) is 4.50. The number of aromatic amines is 1. The summed E-state index contributed by atoms with van der Waals surface area (Å²) in [4.78, 5) is 6.00. The van der Waals surface area contributed by atoms with E-state index in [1.165, 1.54) is 40.6 Å². The first kappa shape index (κ1) is 13.4. The van der Waals surface area contributed by atoms with Crippen LogP contribution in [0.4, 0.5) is 0 Å². The number of hydrogen-bond acceptors (Lipinski definition) is 1. The molecule has 2 aliphatic rings. The standard InChI is InChI=1S/C18H21ClN2/c1-3-7-21-10-11(2)8-13-12-5-4-6-15-17(12)14(9-16(13)21)18(19)20-15/h4-6,8,13,16,20H,3,7,9-10H2,1-2H3/t13-,16-/m1/s1. The molecule has 1 N–H and O–H groups in total. The van der Waals surface area contributed by atoms with Crippen LogP contribution in [0.3, 0.4) is 0 Å². The Labute approximate surface area is 130 Å². The summed E-state index contributed by atoms with van der Waals surface area (Å²) >= 11 is 6.47. The highest BCUT2D eigenvalue weighted by Gasteiger charge is 2.37. The van der Waals surface area contributed by atoms with E-state index in [2.05, 4.69) is 48.0 Å². The van der Waals surface area contributed by atoms with Gasteiger partial charge in [0.15, 0.2) is 0 Å². The molecule has 2 nitrogen and oxygen atoms in total. The minimum absolute atomic E-state index is 0.508. The van der Waals surface area contributed by atoms with Crippen LogP contribution >= 0.6 is 11.6 Å². The number of fused-ring (bicyclic) bond motifs is 2. The predicted molar refractivity (Wildman–Crippen MR) is 89.2 cm³/mol. The molecular formula is C18H21ClN2. The van der Waals surface area contributed by atoms with E-state index < -0.39 is 0 Å². The second-order valence-corrected chi connectivity index (χ2v) is 6.85. The minimum Gasteiger partial charge on any atom is -0.345 e. The molecule has 0 unspecified atom stereocenters. The molecule has 0 bridgehead atoms. The molecule has 1 aromatic heterocycles. The molecule has 0 fully saturated rings. The average Bonchev–Trinajstić information content (AvgIpc) is 2.78. The lowest BCUT2D eigenvalue weighted by atomic mass is 9.76. The van der Waals surface area contributed by atoms with Crippen LogP contribution in [0.1, 0.15) is 37.3 Å². The van der Waals surface area contributed by atoms with Gasteiger partial charge in [0, 0.05) is 29.4 Å². The van der Waals surface area contributed by atoms with Crippen LogP contribution in [0.5, 0.6) is 0 Å². The molecule has 2 heterocycles. The maximum absolute atomic E-state index is 6.47. The number of hydrogen-bond donors (Lipinski definition) is 1. The first-order valence-corrected chi connectivity index (χ1v) is 8.27. The van der Waals surface area contributed by atoms with Gasteiger partial charge < -0.3 is 4.98 Å². The average molecular weight is 301 g/mol. The van der Waals surface area contributed by atoms with Crippen LogP contribution in [-0.4, -0.2) is 29.0 Å². The van der Waals surface area contributed by atoms with E-state index in [0.29, 0.717) is 12.0 Å². The molecule has 2 atom stereocenters. The molecular weight excluding hydrogens is 280 g/mol. The van der Waals surface area contributed by atoms with Crippen molar-refractivity contribution in [3.05, 3.63) is 46.1 Å². The Morgan fingerprint density at radius 3 is 3.05 bits per heavy atom. The van der Waals surface area contributed by atoms with E-state index >= 15 is 0 Å². The van der Waals surface area contributed by atoms with E-state index in [1.54, 1.807) is 0 Å². The van der Waals surface area contributed by atoms with Gasteiger partial charge in [-0.25, -0.2) is 0 Å². The Bertz CT molecular complexity index is 728. The fraction of sp³-hybridized carbons (Fsp3) is 0.444. The SMILES string of the molecule is CCCN1CC(C)=C[C@@H]2c3cccc4[nH]c(Cl)c(c34)C[C@H]21. The molecule has 21 heavy (non-hydrogen) atoms. The van der Waals surface area contributed by atoms with E-state index in [-0.39, 0.29) is 0 Å². The highest BCUT2D eigenvalue weighted by atomic mass is 35.5. The highest BCUT2D eigenvalue weighted by molar-refractivity contribution is 6.32. The van der Waals surface area contributed by atoms with Crippen LogP contribution in [0.2, 0.25) is 5.15 Å². The molecule has 0 spiro atoms. The number of rotatable bonds is 2. The Morgan fingerprint density at radius 2 is 2.24 bits per heavy atom. The third-order valence-corrected chi connectivity index (χ3v) is 5.31. The van der Waals surface area contributed by atoms with Crippen molar-refractivity contribution in [1.29, 1.82) is 0 Å². The van der Waals surface area contributed by atoms with E-state index in [0.717, 1.165) is 18.1 Å². The van der Waals surface area contributed by atoms with E-state index in [4.69, 9.17) is 11.6 Å².